The maximum absolute atomic E-state index is 10.9. The highest BCUT2D eigenvalue weighted by Gasteiger charge is 2.09. The molecule has 1 amide bonds. The number of aryl methyl sites for hydroxylation is 1. The molecule has 0 unspecified atom stereocenters. The fraction of sp³-hybridized carbons (Fsp3) is 0.100. The van der Waals surface area contributed by atoms with Crippen LogP contribution in [0.5, 0.6) is 5.75 Å². The van der Waals surface area contributed by atoms with Gasteiger partial charge in [-0.2, -0.15) is 0 Å². The van der Waals surface area contributed by atoms with E-state index in [2.05, 4.69) is 13.2 Å². The summed E-state index contributed by atoms with van der Waals surface area (Å²) in [7, 11) is 0. The van der Waals surface area contributed by atoms with Crippen LogP contribution in [0.2, 0.25) is 0 Å². The van der Waals surface area contributed by atoms with Crippen LogP contribution in [0.4, 0.5) is 0 Å². The number of phenols is 1. The molecule has 1 rings (SSSR count). The van der Waals surface area contributed by atoms with Crippen LogP contribution >= 0.6 is 0 Å². The van der Waals surface area contributed by atoms with Crippen molar-refractivity contribution in [2.24, 2.45) is 0 Å². The molecule has 0 spiro atoms. The van der Waals surface area contributed by atoms with Gasteiger partial charge in [-0.25, -0.2) is 5.48 Å². The Morgan fingerprint density at radius 1 is 1.43 bits per heavy atom. The first kappa shape index (κ1) is 12.2. The average Bonchev–Trinajstić information content (AvgIpc) is 2.23. The van der Waals surface area contributed by atoms with Crippen LogP contribution in [0, 0.1) is 6.92 Å². The van der Waals surface area contributed by atoms with E-state index in [0.29, 0.717) is 0 Å². The highest BCUT2D eigenvalue weighted by molar-refractivity contribution is 5.96. The number of aromatic hydroxyl groups is 1. The van der Waals surface area contributed by atoms with Gasteiger partial charge in [0.25, 0.3) is 5.91 Å². The number of hydrogen-bond acceptors (Lipinski definition) is 3. The quantitative estimate of drug-likeness (QED) is 0.362. The smallest absolute Gasteiger partial charge is 0.278 e. The van der Waals surface area contributed by atoms with E-state index in [1.54, 1.807) is 13.0 Å². The van der Waals surface area contributed by atoms with Crippen LogP contribution in [0.1, 0.15) is 15.9 Å². The second-order valence-corrected chi connectivity index (χ2v) is 2.46. The van der Waals surface area contributed by atoms with Gasteiger partial charge in [0.1, 0.15) is 5.75 Å². The number of carbonyl (C=O) groups is 1. The third-order valence-electron chi connectivity index (χ3n) is 1.50. The predicted octanol–water partition coefficient (Wildman–Crippen LogP) is 1.62. The second-order valence-electron chi connectivity index (χ2n) is 2.46. The summed E-state index contributed by atoms with van der Waals surface area (Å²) in [5.41, 5.74) is 2.36. The van der Waals surface area contributed by atoms with E-state index >= 15 is 0 Å². The van der Waals surface area contributed by atoms with Crippen LogP contribution in [0.25, 0.3) is 0 Å². The maximum atomic E-state index is 10.9. The Kier molecular flexibility index (Phi) is 5.02. The predicted molar refractivity (Wildman–Crippen MR) is 53.4 cm³/mol. The molecule has 14 heavy (non-hydrogen) atoms. The van der Waals surface area contributed by atoms with Crippen LogP contribution in [-0.2, 0) is 0 Å². The summed E-state index contributed by atoms with van der Waals surface area (Å²) < 4.78 is 0. The molecule has 0 aliphatic carbocycles. The molecule has 0 aliphatic heterocycles. The zero-order valence-electron chi connectivity index (χ0n) is 7.95. The molecule has 4 heteroatoms. The molecule has 0 saturated carbocycles. The summed E-state index contributed by atoms with van der Waals surface area (Å²) in [5, 5.41) is 17.5. The van der Waals surface area contributed by atoms with Gasteiger partial charge < -0.3 is 5.11 Å². The summed E-state index contributed by atoms with van der Waals surface area (Å²) in [5.74, 6) is -0.858. The van der Waals surface area contributed by atoms with Crippen LogP contribution < -0.4 is 5.48 Å². The minimum atomic E-state index is -0.712. The Hall–Kier alpha value is -1.81. The summed E-state index contributed by atoms with van der Waals surface area (Å²) in [6.45, 7) is 7.79. The van der Waals surface area contributed by atoms with E-state index in [0.717, 1.165) is 5.56 Å². The number of nitrogens with one attached hydrogen (secondary N) is 1. The van der Waals surface area contributed by atoms with Gasteiger partial charge in [-0.1, -0.05) is 11.6 Å². The Balaban J connectivity index is 0.000000791. The Labute approximate surface area is 82.5 Å². The number of phenolic OH excluding ortho intramolecular Hbond substituents is 1. The van der Waals surface area contributed by atoms with Gasteiger partial charge in [0.15, 0.2) is 0 Å². The highest BCUT2D eigenvalue weighted by atomic mass is 16.5. The highest BCUT2D eigenvalue weighted by Crippen LogP contribution is 2.17. The van der Waals surface area contributed by atoms with Gasteiger partial charge >= 0.3 is 0 Å². The van der Waals surface area contributed by atoms with Crippen molar-refractivity contribution in [2.45, 2.75) is 6.92 Å². The lowest BCUT2D eigenvalue weighted by atomic mass is 10.1. The van der Waals surface area contributed by atoms with Crippen LogP contribution in [0.15, 0.2) is 31.4 Å². The Morgan fingerprint density at radius 3 is 2.50 bits per heavy atom. The van der Waals surface area contributed by atoms with Crippen LogP contribution in [-0.4, -0.2) is 16.2 Å². The second kappa shape index (κ2) is 5.77. The first-order valence-corrected chi connectivity index (χ1v) is 3.89. The van der Waals surface area contributed by atoms with Crippen LogP contribution in [0.3, 0.4) is 0 Å². The molecule has 1 aromatic carbocycles. The van der Waals surface area contributed by atoms with Gasteiger partial charge in [-0.3, -0.25) is 10.0 Å². The zero-order valence-corrected chi connectivity index (χ0v) is 7.95. The van der Waals surface area contributed by atoms with Crippen molar-refractivity contribution in [1.29, 1.82) is 0 Å². The van der Waals surface area contributed by atoms with Gasteiger partial charge in [0, 0.05) is 0 Å². The normalized spacial score (nSPS) is 8.43. The monoisotopic (exact) mass is 195 g/mol. The van der Waals surface area contributed by atoms with Gasteiger partial charge in [-0.15, -0.1) is 13.2 Å². The third-order valence-corrected chi connectivity index (χ3v) is 1.50. The minimum Gasteiger partial charge on any atom is -0.507 e. The zero-order chi connectivity index (χ0) is 11.1. The number of rotatable bonds is 1. The van der Waals surface area contributed by atoms with Gasteiger partial charge in [0.05, 0.1) is 5.56 Å². The topological polar surface area (TPSA) is 69.6 Å². The van der Waals surface area contributed by atoms with Crippen molar-refractivity contribution < 1.29 is 15.1 Å². The molecule has 0 saturated heterocycles. The first-order chi connectivity index (χ1) is 6.65. The number of benzene rings is 1. The number of hydrogen-bond donors (Lipinski definition) is 3. The fourth-order valence-electron chi connectivity index (χ4n) is 0.892. The van der Waals surface area contributed by atoms with Crippen molar-refractivity contribution in [3.05, 3.63) is 42.5 Å². The molecule has 1 aromatic rings. The molecule has 76 valence electrons. The van der Waals surface area contributed by atoms with Crippen molar-refractivity contribution in [3.63, 3.8) is 0 Å². The molecular formula is C10H13NO3. The maximum Gasteiger partial charge on any atom is 0.278 e. The number of amides is 1. The molecule has 0 radical (unpaired) electrons. The molecule has 0 aromatic heterocycles. The summed E-state index contributed by atoms with van der Waals surface area (Å²) in [6.07, 6.45) is 0. The fourth-order valence-corrected chi connectivity index (χ4v) is 0.892. The largest absolute Gasteiger partial charge is 0.507 e. The van der Waals surface area contributed by atoms with E-state index < -0.39 is 5.91 Å². The van der Waals surface area contributed by atoms with Crippen molar-refractivity contribution in [2.75, 3.05) is 0 Å². The number of hydroxylamine groups is 1. The van der Waals surface area contributed by atoms with E-state index in [4.69, 9.17) is 10.3 Å². The van der Waals surface area contributed by atoms with E-state index in [9.17, 15) is 4.79 Å². The minimum absolute atomic E-state index is 0.0671. The van der Waals surface area contributed by atoms with Gasteiger partial charge in [0.2, 0.25) is 0 Å². The molecule has 0 fully saturated rings. The lowest BCUT2D eigenvalue weighted by Gasteiger charge is -2.02. The summed E-state index contributed by atoms with van der Waals surface area (Å²) in [4.78, 5) is 10.9. The van der Waals surface area contributed by atoms with Crippen molar-refractivity contribution >= 4 is 5.91 Å². The molecule has 0 heterocycles. The van der Waals surface area contributed by atoms with E-state index in [1.807, 2.05) is 0 Å². The summed E-state index contributed by atoms with van der Waals surface area (Å²) >= 11 is 0. The Bertz CT molecular complexity index is 323. The molecule has 0 bridgehead atoms. The average molecular weight is 195 g/mol. The molecule has 3 N–H and O–H groups in total. The molecule has 4 nitrogen and oxygen atoms in total. The van der Waals surface area contributed by atoms with Crippen molar-refractivity contribution in [1.82, 2.24) is 5.48 Å². The first-order valence-electron chi connectivity index (χ1n) is 3.89. The lowest BCUT2D eigenvalue weighted by Crippen LogP contribution is -2.18. The molecular weight excluding hydrogens is 182 g/mol. The molecule has 0 aliphatic rings. The molecule has 0 atom stereocenters. The number of carbonyl (C=O) groups excluding carboxylic acids is 1. The third kappa shape index (κ3) is 2.91. The van der Waals surface area contributed by atoms with Gasteiger partial charge in [-0.05, 0) is 19.1 Å². The van der Waals surface area contributed by atoms with Crippen molar-refractivity contribution in [3.8, 4) is 5.75 Å². The standard InChI is InChI=1S/C8H9NO3.C2H4/c1-5-2-3-7(10)6(4-5)8(11)9-12;1-2/h2-4,10,12H,1H3,(H,9,11);1-2H2. The Morgan fingerprint density at radius 2 is 2.00 bits per heavy atom. The SMILES string of the molecule is C=C.Cc1ccc(O)c(C(=O)NO)c1. The lowest BCUT2D eigenvalue weighted by molar-refractivity contribution is 0.0703. The van der Waals surface area contributed by atoms with E-state index in [1.165, 1.54) is 17.6 Å². The van der Waals surface area contributed by atoms with E-state index in [-0.39, 0.29) is 11.3 Å². The summed E-state index contributed by atoms with van der Waals surface area (Å²) in [6, 6.07) is 4.56.